The Bertz CT molecular complexity index is 1620. The van der Waals surface area contributed by atoms with Gasteiger partial charge in [0, 0.05) is 37.5 Å². The normalized spacial score (nSPS) is 15.2. The van der Waals surface area contributed by atoms with Crippen molar-refractivity contribution in [1.29, 1.82) is 0 Å². The Labute approximate surface area is 322 Å². The van der Waals surface area contributed by atoms with Crippen LogP contribution in [0.4, 0.5) is 4.39 Å². The largest absolute Gasteiger partial charge is 0.493 e. The van der Waals surface area contributed by atoms with Gasteiger partial charge >= 0.3 is 0 Å². The lowest BCUT2D eigenvalue weighted by Crippen LogP contribution is -2.54. The molecule has 1 unspecified atom stereocenters. The van der Waals surface area contributed by atoms with Crippen molar-refractivity contribution in [2.24, 2.45) is 0 Å². The number of ether oxygens (including phenoxy) is 2. The van der Waals surface area contributed by atoms with Crippen LogP contribution in [0, 0.1) is 5.82 Å². The van der Waals surface area contributed by atoms with Crippen molar-refractivity contribution in [2.75, 3.05) is 33.9 Å². The van der Waals surface area contributed by atoms with Gasteiger partial charge in [-0.25, -0.2) is 4.39 Å². The van der Waals surface area contributed by atoms with E-state index >= 15 is 0 Å². The number of benzene rings is 4. The van der Waals surface area contributed by atoms with Crippen LogP contribution in [-0.2, 0) is 28.6 Å². The van der Waals surface area contributed by atoms with Gasteiger partial charge in [0.05, 0.1) is 19.8 Å². The molecule has 0 fully saturated rings. The van der Waals surface area contributed by atoms with Gasteiger partial charge in [0.15, 0.2) is 11.5 Å². The van der Waals surface area contributed by atoms with E-state index in [0.717, 1.165) is 68.7 Å². The molecule has 9 heteroatoms. The van der Waals surface area contributed by atoms with E-state index in [0.29, 0.717) is 25.4 Å². The predicted molar refractivity (Wildman–Crippen MR) is 215 cm³/mol. The first-order valence-electron chi connectivity index (χ1n) is 18.1. The van der Waals surface area contributed by atoms with Crippen molar-refractivity contribution < 1.29 is 18.7 Å². The molecule has 282 valence electrons. The summed E-state index contributed by atoms with van der Waals surface area (Å²) in [5, 5.41) is 10.9. The summed E-state index contributed by atoms with van der Waals surface area (Å²) in [6, 6.07) is 32.8. The van der Waals surface area contributed by atoms with Crippen LogP contribution >= 0.6 is 24.8 Å². The summed E-state index contributed by atoms with van der Waals surface area (Å²) in [5.41, 5.74) is 5.64. The van der Waals surface area contributed by atoms with Gasteiger partial charge in [-0.2, -0.15) is 0 Å². The van der Waals surface area contributed by atoms with Gasteiger partial charge in [0.2, 0.25) is 5.91 Å². The molecule has 0 spiro atoms. The van der Waals surface area contributed by atoms with Gasteiger partial charge < -0.3 is 25.4 Å². The summed E-state index contributed by atoms with van der Waals surface area (Å²) in [7, 11) is 3.40. The van der Waals surface area contributed by atoms with Crippen molar-refractivity contribution in [2.45, 2.75) is 82.2 Å². The van der Waals surface area contributed by atoms with Crippen LogP contribution in [0.1, 0.15) is 80.2 Å². The maximum atomic E-state index is 13.3. The van der Waals surface area contributed by atoms with E-state index in [1.54, 1.807) is 26.4 Å². The van der Waals surface area contributed by atoms with Crippen LogP contribution in [0.25, 0.3) is 0 Å². The number of carbonyl (C=O) groups excluding carboxylic acids is 1. The summed E-state index contributed by atoms with van der Waals surface area (Å²) >= 11 is 0. The number of rotatable bonds is 18. The summed E-state index contributed by atoms with van der Waals surface area (Å²) in [6.45, 7) is 6.70. The van der Waals surface area contributed by atoms with E-state index < -0.39 is 0 Å². The van der Waals surface area contributed by atoms with Crippen LogP contribution in [0.15, 0.2) is 97.1 Å². The number of fused-ring (bicyclic) bond motifs is 1. The molecule has 5 rings (SSSR count). The van der Waals surface area contributed by atoms with E-state index in [9.17, 15) is 9.18 Å². The second-order valence-corrected chi connectivity index (χ2v) is 13.9. The summed E-state index contributed by atoms with van der Waals surface area (Å²) in [6.07, 6.45) is 6.51. The Hall–Kier alpha value is -3.62. The minimum Gasteiger partial charge on any atom is -0.493 e. The second-order valence-electron chi connectivity index (χ2n) is 13.9. The van der Waals surface area contributed by atoms with Gasteiger partial charge in [-0.1, -0.05) is 86.6 Å². The van der Waals surface area contributed by atoms with Crippen LogP contribution in [0.5, 0.6) is 11.5 Å². The first kappa shape index (κ1) is 42.8. The summed E-state index contributed by atoms with van der Waals surface area (Å²) < 4.78 is 24.8. The van der Waals surface area contributed by atoms with Crippen molar-refractivity contribution in [3.05, 3.63) is 131 Å². The lowest BCUT2D eigenvalue weighted by Gasteiger charge is -2.43. The molecule has 0 saturated carbocycles. The molecule has 1 aliphatic rings. The zero-order chi connectivity index (χ0) is 35.4. The van der Waals surface area contributed by atoms with E-state index in [4.69, 9.17) is 9.47 Å². The number of hydrogen-bond acceptors (Lipinski definition) is 5. The number of halogens is 3. The molecule has 3 N–H and O–H groups in total. The third-order valence-electron chi connectivity index (χ3n) is 10.3. The van der Waals surface area contributed by atoms with Crippen molar-refractivity contribution in [1.82, 2.24) is 16.0 Å². The monoisotopic (exact) mass is 751 g/mol. The standard InChI is InChI=1S/C43H54FN3O3.2ClH/c1-32(2)46-31-43(38-30-40(50-4)39(49-3)29-34(38)23-28-47-43)26-11-24-42(35-13-7-5-8-14-35,36-15-9-6-10-16-36)25-12-27-45-41(48)22-19-33-17-20-37(44)21-18-33;;/h5-10,13-18,20-21,29-30,32,46-47H,11-12,19,22-28,31H2,1-4H3,(H,45,48);2*1H. The molecule has 0 radical (unpaired) electrons. The Balaban J connectivity index is 0.00000364. The quantitative estimate of drug-likeness (QED) is 0.0888. The minimum atomic E-state index is -0.269. The van der Waals surface area contributed by atoms with Crippen LogP contribution in [-0.4, -0.2) is 45.8 Å². The van der Waals surface area contributed by atoms with Gasteiger partial charge in [0.1, 0.15) is 5.82 Å². The molecule has 0 bridgehead atoms. The number of nitrogens with one attached hydrogen (secondary N) is 3. The van der Waals surface area contributed by atoms with E-state index in [1.165, 1.54) is 34.4 Å². The molecular formula is C43H56Cl2FN3O3. The number of amides is 1. The highest BCUT2D eigenvalue weighted by Gasteiger charge is 2.39. The topological polar surface area (TPSA) is 71.6 Å². The van der Waals surface area contributed by atoms with Crippen molar-refractivity contribution >= 4 is 30.7 Å². The Morgan fingerprint density at radius 2 is 1.46 bits per heavy atom. The van der Waals surface area contributed by atoms with E-state index in [-0.39, 0.29) is 47.5 Å². The molecule has 1 heterocycles. The Morgan fingerprint density at radius 1 is 0.865 bits per heavy atom. The molecule has 1 aliphatic heterocycles. The molecule has 6 nitrogen and oxygen atoms in total. The smallest absolute Gasteiger partial charge is 0.220 e. The molecule has 4 aromatic carbocycles. The minimum absolute atomic E-state index is 0. The predicted octanol–water partition coefficient (Wildman–Crippen LogP) is 8.71. The highest BCUT2D eigenvalue weighted by Crippen LogP contribution is 2.44. The average molecular weight is 753 g/mol. The van der Waals surface area contributed by atoms with Crippen molar-refractivity contribution in [3.8, 4) is 11.5 Å². The SMILES string of the molecule is COc1cc2c(cc1OC)C(CCCC(CCCNC(=O)CCc1ccc(F)cc1)(c1ccccc1)c1ccccc1)(CNC(C)C)NCC2.Cl.Cl. The van der Waals surface area contributed by atoms with Crippen LogP contribution in [0.3, 0.4) is 0 Å². The number of carbonyl (C=O) groups is 1. The van der Waals surface area contributed by atoms with Gasteiger partial charge in [-0.3, -0.25) is 4.79 Å². The number of hydrogen-bond donors (Lipinski definition) is 3. The third kappa shape index (κ3) is 10.7. The molecule has 0 aromatic heterocycles. The number of aryl methyl sites for hydroxylation is 1. The molecule has 0 aliphatic carbocycles. The lowest BCUT2D eigenvalue weighted by molar-refractivity contribution is -0.121. The maximum absolute atomic E-state index is 13.3. The fourth-order valence-electron chi connectivity index (χ4n) is 7.64. The molecule has 1 atom stereocenters. The first-order chi connectivity index (χ1) is 24.3. The highest BCUT2D eigenvalue weighted by atomic mass is 35.5. The summed E-state index contributed by atoms with van der Waals surface area (Å²) in [4.78, 5) is 12.8. The molecule has 0 saturated heterocycles. The number of methoxy groups -OCH3 is 2. The maximum Gasteiger partial charge on any atom is 0.220 e. The highest BCUT2D eigenvalue weighted by molar-refractivity contribution is 5.85. The van der Waals surface area contributed by atoms with Gasteiger partial charge in [-0.05, 0) is 97.0 Å². The average Bonchev–Trinajstić information content (AvgIpc) is 3.15. The van der Waals surface area contributed by atoms with E-state index in [1.807, 2.05) is 0 Å². The van der Waals surface area contributed by atoms with Gasteiger partial charge in [0.25, 0.3) is 0 Å². The molecule has 4 aromatic rings. The molecular weight excluding hydrogens is 696 g/mol. The zero-order valence-electron chi connectivity index (χ0n) is 31.0. The fraction of sp³-hybridized carbons (Fsp3) is 0.419. The fourth-order valence-corrected chi connectivity index (χ4v) is 7.64. The Kier molecular flexibility index (Phi) is 16.9. The lowest BCUT2D eigenvalue weighted by atomic mass is 9.67. The summed E-state index contributed by atoms with van der Waals surface area (Å²) in [5.74, 6) is 1.29. The molecule has 1 amide bonds. The third-order valence-corrected chi connectivity index (χ3v) is 10.3. The Morgan fingerprint density at radius 3 is 2.06 bits per heavy atom. The first-order valence-corrected chi connectivity index (χ1v) is 18.1. The van der Waals surface area contributed by atoms with Crippen molar-refractivity contribution in [3.63, 3.8) is 0 Å². The zero-order valence-corrected chi connectivity index (χ0v) is 32.6. The molecule has 52 heavy (non-hydrogen) atoms. The second kappa shape index (κ2) is 20.6. The van der Waals surface area contributed by atoms with Crippen LogP contribution in [0.2, 0.25) is 0 Å². The van der Waals surface area contributed by atoms with Gasteiger partial charge in [-0.15, -0.1) is 24.8 Å². The van der Waals surface area contributed by atoms with Crippen LogP contribution < -0.4 is 25.4 Å². The van der Waals surface area contributed by atoms with E-state index in [2.05, 4.69) is 103 Å².